The molecule has 0 radical (unpaired) electrons. The van der Waals surface area contributed by atoms with Gasteiger partial charge in [0.05, 0.1) is 15.9 Å². The molecule has 0 bridgehead atoms. The summed E-state index contributed by atoms with van der Waals surface area (Å²) in [5.74, 6) is -0.794. The van der Waals surface area contributed by atoms with E-state index in [-0.39, 0.29) is 30.6 Å². The van der Waals surface area contributed by atoms with Crippen LogP contribution in [0.1, 0.15) is 30.1 Å². The van der Waals surface area contributed by atoms with Gasteiger partial charge in [-0.05, 0) is 59.3 Å². The maximum Gasteiger partial charge on any atom is 0.279 e. The average Bonchev–Trinajstić information content (AvgIpc) is 3.21. The first-order valence-electron chi connectivity index (χ1n) is 8.82. The number of aromatic nitrogens is 1. The standard InChI is InChI=1S/C20H16BrN3O3S/c1-2-23-18-14(21)4-3-5-15(18)28-20(23)22-19(27)12-6-8-13(9-7-12)24-16(25)10-11-17(24)26/h3-9H,2,10-11H2,1H3. The van der Waals surface area contributed by atoms with Gasteiger partial charge in [0.1, 0.15) is 0 Å². The summed E-state index contributed by atoms with van der Waals surface area (Å²) < 4.78 is 4.00. The molecule has 1 aliphatic heterocycles. The van der Waals surface area contributed by atoms with Crippen molar-refractivity contribution < 1.29 is 14.4 Å². The Bertz CT molecular complexity index is 1160. The second-order valence-electron chi connectivity index (χ2n) is 6.30. The average molecular weight is 458 g/mol. The summed E-state index contributed by atoms with van der Waals surface area (Å²) in [5.41, 5.74) is 1.91. The highest BCUT2D eigenvalue weighted by atomic mass is 79.9. The third-order valence-electron chi connectivity index (χ3n) is 4.59. The summed E-state index contributed by atoms with van der Waals surface area (Å²) in [6, 6.07) is 12.3. The van der Waals surface area contributed by atoms with Gasteiger partial charge in [0.25, 0.3) is 5.91 Å². The number of carbonyl (C=O) groups is 3. The van der Waals surface area contributed by atoms with Crippen molar-refractivity contribution >= 4 is 60.9 Å². The third-order valence-corrected chi connectivity index (χ3v) is 6.27. The molecule has 0 atom stereocenters. The van der Waals surface area contributed by atoms with E-state index < -0.39 is 0 Å². The molecule has 1 aliphatic rings. The minimum absolute atomic E-state index is 0.214. The van der Waals surface area contributed by atoms with Crippen LogP contribution in [0.15, 0.2) is 51.9 Å². The summed E-state index contributed by atoms with van der Waals surface area (Å²) in [7, 11) is 0. The Hall–Kier alpha value is -2.58. The molecule has 1 saturated heterocycles. The molecule has 8 heteroatoms. The molecule has 3 amide bonds. The second kappa shape index (κ2) is 7.44. The lowest BCUT2D eigenvalue weighted by Crippen LogP contribution is -2.28. The molecule has 0 N–H and O–H groups in total. The highest BCUT2D eigenvalue weighted by Gasteiger charge is 2.30. The molecule has 4 rings (SSSR count). The number of nitrogens with zero attached hydrogens (tertiary/aromatic N) is 3. The van der Waals surface area contributed by atoms with Crippen molar-refractivity contribution in [2.24, 2.45) is 4.99 Å². The van der Waals surface area contributed by atoms with Crippen LogP contribution < -0.4 is 9.70 Å². The van der Waals surface area contributed by atoms with E-state index in [0.717, 1.165) is 14.7 Å². The van der Waals surface area contributed by atoms with E-state index in [2.05, 4.69) is 20.9 Å². The second-order valence-corrected chi connectivity index (χ2v) is 8.17. The fraction of sp³-hybridized carbons (Fsp3) is 0.200. The Morgan fingerprint density at radius 3 is 2.43 bits per heavy atom. The first-order chi connectivity index (χ1) is 13.5. The van der Waals surface area contributed by atoms with E-state index in [0.29, 0.717) is 22.6 Å². The zero-order chi connectivity index (χ0) is 19.8. The van der Waals surface area contributed by atoms with E-state index >= 15 is 0 Å². The van der Waals surface area contributed by atoms with E-state index in [1.807, 2.05) is 29.7 Å². The maximum atomic E-state index is 12.7. The summed E-state index contributed by atoms with van der Waals surface area (Å²) in [5, 5.41) is 0. The summed E-state index contributed by atoms with van der Waals surface area (Å²) in [6.07, 6.45) is 0.459. The van der Waals surface area contributed by atoms with Crippen molar-refractivity contribution in [2.45, 2.75) is 26.3 Å². The molecule has 1 fully saturated rings. The molecule has 0 spiro atoms. The number of halogens is 1. The normalized spacial score (nSPS) is 15.1. The number of para-hydroxylation sites is 1. The van der Waals surface area contributed by atoms with Crippen LogP contribution in [0.3, 0.4) is 0 Å². The molecule has 142 valence electrons. The molecule has 0 saturated carbocycles. The van der Waals surface area contributed by atoms with Gasteiger partial charge in [-0.25, -0.2) is 0 Å². The van der Waals surface area contributed by atoms with Crippen molar-refractivity contribution in [2.75, 3.05) is 4.90 Å². The number of anilines is 1. The number of imide groups is 1. The van der Waals surface area contributed by atoms with Crippen molar-refractivity contribution in [1.82, 2.24) is 4.57 Å². The number of benzene rings is 2. The summed E-state index contributed by atoms with van der Waals surface area (Å²) >= 11 is 5.02. The number of aryl methyl sites for hydroxylation is 1. The molecule has 0 aliphatic carbocycles. The maximum absolute atomic E-state index is 12.7. The van der Waals surface area contributed by atoms with Crippen molar-refractivity contribution in [3.63, 3.8) is 0 Å². The predicted octanol–water partition coefficient (Wildman–Crippen LogP) is 3.88. The summed E-state index contributed by atoms with van der Waals surface area (Å²) in [4.78, 5) is 42.5. The molecular weight excluding hydrogens is 442 g/mol. The van der Waals surface area contributed by atoms with Crippen LogP contribution in [0.5, 0.6) is 0 Å². The Morgan fingerprint density at radius 2 is 1.79 bits per heavy atom. The summed E-state index contributed by atoms with van der Waals surface area (Å²) in [6.45, 7) is 2.70. The topological polar surface area (TPSA) is 71.7 Å². The number of amides is 3. The van der Waals surface area contributed by atoms with Crippen LogP contribution in [0.4, 0.5) is 5.69 Å². The molecule has 2 heterocycles. The van der Waals surface area contributed by atoms with Crippen LogP contribution in [-0.4, -0.2) is 22.3 Å². The number of thiazole rings is 1. The Morgan fingerprint density at radius 1 is 1.11 bits per heavy atom. The zero-order valence-corrected chi connectivity index (χ0v) is 17.4. The lowest BCUT2D eigenvalue weighted by Gasteiger charge is -2.13. The smallest absolute Gasteiger partial charge is 0.279 e. The lowest BCUT2D eigenvalue weighted by molar-refractivity contribution is -0.121. The fourth-order valence-corrected chi connectivity index (χ4v) is 5.07. The van der Waals surface area contributed by atoms with Gasteiger partial charge in [-0.15, -0.1) is 0 Å². The van der Waals surface area contributed by atoms with E-state index in [4.69, 9.17) is 0 Å². The number of hydrogen-bond acceptors (Lipinski definition) is 4. The number of carbonyl (C=O) groups excluding carboxylic acids is 3. The van der Waals surface area contributed by atoms with E-state index in [9.17, 15) is 14.4 Å². The fourth-order valence-electron chi connectivity index (χ4n) is 3.23. The van der Waals surface area contributed by atoms with E-state index in [1.165, 1.54) is 16.2 Å². The minimum Gasteiger partial charge on any atom is -0.316 e. The van der Waals surface area contributed by atoms with Gasteiger partial charge in [0, 0.05) is 29.4 Å². The molecular formula is C20H16BrN3O3S. The van der Waals surface area contributed by atoms with Gasteiger partial charge >= 0.3 is 0 Å². The first kappa shape index (κ1) is 18.8. The zero-order valence-electron chi connectivity index (χ0n) is 15.0. The van der Waals surface area contributed by atoms with Gasteiger partial charge in [-0.2, -0.15) is 4.99 Å². The predicted molar refractivity (Wildman–Crippen MR) is 111 cm³/mol. The van der Waals surface area contributed by atoms with E-state index in [1.54, 1.807) is 24.3 Å². The number of fused-ring (bicyclic) bond motifs is 1. The van der Waals surface area contributed by atoms with Gasteiger partial charge in [-0.1, -0.05) is 17.4 Å². The molecule has 2 aromatic carbocycles. The van der Waals surface area contributed by atoms with Crippen LogP contribution in [-0.2, 0) is 16.1 Å². The van der Waals surface area contributed by atoms with Gasteiger partial charge in [0.2, 0.25) is 11.8 Å². The van der Waals surface area contributed by atoms with Crippen LogP contribution in [0, 0.1) is 0 Å². The molecule has 28 heavy (non-hydrogen) atoms. The Balaban J connectivity index is 1.69. The number of hydrogen-bond donors (Lipinski definition) is 0. The highest BCUT2D eigenvalue weighted by molar-refractivity contribution is 9.10. The van der Waals surface area contributed by atoms with Gasteiger partial charge in [0.15, 0.2) is 4.80 Å². The highest BCUT2D eigenvalue weighted by Crippen LogP contribution is 2.26. The SMILES string of the molecule is CCn1c(=NC(=O)c2ccc(N3C(=O)CCC3=O)cc2)sc2cccc(Br)c21. The largest absolute Gasteiger partial charge is 0.316 e. The molecule has 1 aromatic heterocycles. The first-order valence-corrected chi connectivity index (χ1v) is 10.4. The van der Waals surface area contributed by atoms with Crippen molar-refractivity contribution in [3.8, 4) is 0 Å². The molecule has 6 nitrogen and oxygen atoms in total. The lowest BCUT2D eigenvalue weighted by atomic mass is 10.2. The Kier molecular flexibility index (Phi) is 4.99. The monoisotopic (exact) mass is 457 g/mol. The Labute approximate surface area is 173 Å². The molecule has 0 unspecified atom stereocenters. The van der Waals surface area contributed by atoms with Crippen molar-refractivity contribution in [1.29, 1.82) is 0 Å². The van der Waals surface area contributed by atoms with Gasteiger partial charge < -0.3 is 4.57 Å². The van der Waals surface area contributed by atoms with Crippen LogP contribution >= 0.6 is 27.3 Å². The van der Waals surface area contributed by atoms with Gasteiger partial charge in [-0.3, -0.25) is 19.3 Å². The molecule has 3 aromatic rings. The number of rotatable bonds is 3. The third kappa shape index (κ3) is 3.22. The quantitative estimate of drug-likeness (QED) is 0.560. The minimum atomic E-state index is -0.365. The van der Waals surface area contributed by atoms with Crippen LogP contribution in [0.25, 0.3) is 10.2 Å². The van der Waals surface area contributed by atoms with Crippen LogP contribution in [0.2, 0.25) is 0 Å². The van der Waals surface area contributed by atoms with Crippen molar-refractivity contribution in [3.05, 3.63) is 57.3 Å².